The van der Waals surface area contributed by atoms with Gasteiger partial charge in [-0.1, -0.05) is 30.3 Å². The molecule has 1 aliphatic heterocycles. The van der Waals surface area contributed by atoms with Gasteiger partial charge in [0.05, 0.1) is 17.6 Å². The lowest BCUT2D eigenvalue weighted by Crippen LogP contribution is -2.21. The first-order valence-electron chi connectivity index (χ1n) is 7.73. The molecule has 2 aromatic rings. The molecule has 0 fully saturated rings. The highest BCUT2D eigenvalue weighted by molar-refractivity contribution is 5.68. The molecule has 0 saturated carbocycles. The van der Waals surface area contributed by atoms with Gasteiger partial charge in [-0.2, -0.15) is 5.06 Å². The zero-order chi connectivity index (χ0) is 16.9. The van der Waals surface area contributed by atoms with E-state index in [4.69, 9.17) is 9.57 Å². The van der Waals surface area contributed by atoms with E-state index in [-0.39, 0.29) is 0 Å². The van der Waals surface area contributed by atoms with E-state index in [2.05, 4.69) is 5.73 Å². The number of hydrogen-bond donors (Lipinski definition) is 0. The van der Waals surface area contributed by atoms with Crippen molar-refractivity contribution in [3.8, 4) is 5.75 Å². The van der Waals surface area contributed by atoms with Crippen LogP contribution in [-0.2, 0) is 9.63 Å². The number of carbonyl (C=O) groups excluding carboxylic acids is 1. The van der Waals surface area contributed by atoms with E-state index in [0.717, 1.165) is 23.7 Å². The summed E-state index contributed by atoms with van der Waals surface area (Å²) in [4.78, 5) is 18.6. The highest BCUT2D eigenvalue weighted by Gasteiger charge is 2.24. The first kappa shape index (κ1) is 15.7. The Morgan fingerprint density at radius 2 is 1.92 bits per heavy atom. The average molecular weight is 322 g/mol. The van der Waals surface area contributed by atoms with Crippen LogP contribution in [0.25, 0.3) is 0 Å². The lowest BCUT2D eigenvalue weighted by atomic mass is 10.3. The number of ether oxygens (including phenoxy) is 1. The van der Waals surface area contributed by atoms with Gasteiger partial charge in [0.25, 0.3) is 0 Å². The van der Waals surface area contributed by atoms with Gasteiger partial charge in [-0.3, -0.25) is 0 Å². The van der Waals surface area contributed by atoms with Crippen molar-refractivity contribution in [2.45, 2.75) is 13.8 Å². The van der Waals surface area contributed by atoms with Crippen LogP contribution in [-0.4, -0.2) is 12.5 Å². The van der Waals surface area contributed by atoms with Crippen LogP contribution in [0.3, 0.4) is 0 Å². The number of nitrogens with zero attached hydrogens (tertiary/aromatic N) is 2. The fourth-order valence-corrected chi connectivity index (χ4v) is 2.44. The maximum atomic E-state index is 11.4. The Bertz CT molecular complexity index is 795. The molecule has 0 atom stereocenters. The number of fused-ring (bicyclic) bond motifs is 1. The van der Waals surface area contributed by atoms with Crippen molar-refractivity contribution in [3.05, 3.63) is 72.4 Å². The Morgan fingerprint density at radius 3 is 2.62 bits per heavy atom. The van der Waals surface area contributed by atoms with Gasteiger partial charge >= 0.3 is 5.97 Å². The van der Waals surface area contributed by atoms with E-state index >= 15 is 0 Å². The minimum Gasteiger partial charge on any atom is -0.432 e. The molecule has 3 rings (SSSR count). The Balaban J connectivity index is 1.94. The number of carbonyl (C=O) groups is 1. The van der Waals surface area contributed by atoms with Gasteiger partial charge in [0.15, 0.2) is 5.75 Å². The zero-order valence-electron chi connectivity index (χ0n) is 13.6. The quantitative estimate of drug-likeness (QED) is 0.632. The van der Waals surface area contributed by atoms with Crippen LogP contribution >= 0.6 is 0 Å². The summed E-state index contributed by atoms with van der Waals surface area (Å²) >= 11 is 0. The molecule has 0 spiro atoms. The molecule has 0 aliphatic carbocycles. The van der Waals surface area contributed by atoms with Crippen LogP contribution in [0.5, 0.6) is 5.75 Å². The van der Waals surface area contributed by atoms with Gasteiger partial charge in [0.2, 0.25) is 5.88 Å². The first-order valence-corrected chi connectivity index (χ1v) is 7.73. The monoisotopic (exact) mass is 322 g/mol. The summed E-state index contributed by atoms with van der Waals surface area (Å²) in [5.41, 5.74) is 4.79. The number of benzene rings is 2. The van der Waals surface area contributed by atoms with E-state index in [1.54, 1.807) is 6.20 Å². The average Bonchev–Trinajstić information content (AvgIpc) is 2.96. The molecule has 1 heterocycles. The molecule has 0 saturated heterocycles. The molecule has 5 nitrogen and oxygen atoms in total. The summed E-state index contributed by atoms with van der Waals surface area (Å²) in [7, 11) is 0. The Kier molecular flexibility index (Phi) is 4.54. The van der Waals surface area contributed by atoms with Crippen molar-refractivity contribution in [1.29, 1.82) is 0 Å². The molecule has 2 aromatic carbocycles. The number of rotatable bonds is 4. The minimum absolute atomic E-state index is 0.412. The van der Waals surface area contributed by atoms with Crippen molar-refractivity contribution in [3.63, 3.8) is 0 Å². The van der Waals surface area contributed by atoms with Gasteiger partial charge in [0, 0.05) is 13.5 Å². The molecule has 24 heavy (non-hydrogen) atoms. The summed E-state index contributed by atoms with van der Waals surface area (Å²) in [5.74, 6) is 0.936. The summed E-state index contributed by atoms with van der Waals surface area (Å²) in [5, 5.41) is 1.37. The molecular formula is C19H18N2O3. The Morgan fingerprint density at radius 1 is 1.21 bits per heavy atom. The number of hydrogen-bond acceptors (Lipinski definition) is 5. The van der Waals surface area contributed by atoms with Crippen LogP contribution in [0.15, 0.2) is 72.4 Å². The normalized spacial score (nSPS) is 12.1. The first-order chi connectivity index (χ1) is 11.7. The topological polar surface area (TPSA) is 42.0 Å². The molecule has 122 valence electrons. The third-order valence-corrected chi connectivity index (χ3v) is 3.47. The summed E-state index contributed by atoms with van der Waals surface area (Å²) in [6, 6.07) is 17.1. The van der Waals surface area contributed by atoms with Gasteiger partial charge in [-0.05, 0) is 36.9 Å². The predicted octanol–water partition coefficient (Wildman–Crippen LogP) is 3.84. The molecular weight excluding hydrogens is 304 g/mol. The highest BCUT2D eigenvalue weighted by Crippen LogP contribution is 2.37. The third kappa shape index (κ3) is 3.26. The maximum Gasteiger partial charge on any atom is 0.329 e. The molecule has 0 radical (unpaired) electrons. The third-order valence-electron chi connectivity index (χ3n) is 3.47. The SMILES string of the molecule is CCN1C(=C=CN(OC(C)=O)c2ccccc2)Oc2ccccc21. The standard InChI is InChI=1S/C19H18N2O3/c1-3-20-17-11-7-8-12-18(17)23-19(20)13-14-21(24-15(2)22)16-9-5-4-6-10-16/h4-12,14H,3H2,1-2H3. The van der Waals surface area contributed by atoms with Gasteiger partial charge in [0.1, 0.15) is 0 Å². The van der Waals surface area contributed by atoms with E-state index in [0.29, 0.717) is 5.88 Å². The lowest BCUT2D eigenvalue weighted by Gasteiger charge is -2.17. The smallest absolute Gasteiger partial charge is 0.329 e. The van der Waals surface area contributed by atoms with Crippen LogP contribution < -0.4 is 14.7 Å². The van der Waals surface area contributed by atoms with E-state index in [9.17, 15) is 4.79 Å². The second kappa shape index (κ2) is 6.94. The molecule has 0 bridgehead atoms. The second-order valence-electron chi connectivity index (χ2n) is 5.14. The highest BCUT2D eigenvalue weighted by atomic mass is 16.7. The van der Waals surface area contributed by atoms with Crippen molar-refractivity contribution in [2.75, 3.05) is 16.5 Å². The van der Waals surface area contributed by atoms with Crippen LogP contribution in [0, 0.1) is 0 Å². The van der Waals surface area contributed by atoms with Crippen molar-refractivity contribution >= 4 is 17.3 Å². The van der Waals surface area contributed by atoms with Crippen molar-refractivity contribution in [2.24, 2.45) is 0 Å². The largest absolute Gasteiger partial charge is 0.432 e. The number of anilines is 2. The number of hydroxylamine groups is 1. The fourth-order valence-electron chi connectivity index (χ4n) is 2.44. The van der Waals surface area contributed by atoms with E-state index in [1.165, 1.54) is 12.0 Å². The van der Waals surface area contributed by atoms with Crippen LogP contribution in [0.2, 0.25) is 0 Å². The maximum absolute atomic E-state index is 11.4. The molecule has 0 aromatic heterocycles. The summed E-state index contributed by atoms with van der Waals surface area (Å²) < 4.78 is 5.83. The molecule has 5 heteroatoms. The van der Waals surface area contributed by atoms with Gasteiger partial charge < -0.3 is 14.5 Å². The fraction of sp³-hybridized carbons (Fsp3) is 0.158. The minimum atomic E-state index is -0.412. The van der Waals surface area contributed by atoms with Crippen LogP contribution in [0.4, 0.5) is 11.4 Å². The lowest BCUT2D eigenvalue weighted by molar-refractivity contribution is -0.141. The Hall–Kier alpha value is -3.17. The van der Waals surface area contributed by atoms with Gasteiger partial charge in [-0.15, -0.1) is 0 Å². The Labute approximate surface area is 141 Å². The summed E-state index contributed by atoms with van der Waals surface area (Å²) in [6.07, 6.45) is 1.56. The molecule has 0 amide bonds. The molecule has 0 N–H and O–H groups in total. The zero-order valence-corrected chi connectivity index (χ0v) is 13.6. The molecule has 0 unspecified atom stereocenters. The van der Waals surface area contributed by atoms with Crippen LogP contribution in [0.1, 0.15) is 13.8 Å². The van der Waals surface area contributed by atoms with E-state index in [1.807, 2.05) is 66.4 Å². The summed E-state index contributed by atoms with van der Waals surface area (Å²) in [6.45, 7) is 4.14. The second-order valence-corrected chi connectivity index (χ2v) is 5.14. The number of para-hydroxylation sites is 3. The van der Waals surface area contributed by atoms with Gasteiger partial charge in [-0.25, -0.2) is 4.79 Å². The van der Waals surface area contributed by atoms with Crippen molar-refractivity contribution in [1.82, 2.24) is 0 Å². The predicted molar refractivity (Wildman–Crippen MR) is 92.4 cm³/mol. The molecule has 1 aliphatic rings. The van der Waals surface area contributed by atoms with E-state index < -0.39 is 5.97 Å². The van der Waals surface area contributed by atoms with Crippen molar-refractivity contribution < 1.29 is 14.4 Å².